The smallest absolute Gasteiger partial charge is 0.266 e. The van der Waals surface area contributed by atoms with Gasteiger partial charge < -0.3 is 14.8 Å². The van der Waals surface area contributed by atoms with E-state index in [9.17, 15) is 10.1 Å². The molecule has 0 unspecified atom stereocenters. The van der Waals surface area contributed by atoms with E-state index < -0.39 is 5.91 Å². The Morgan fingerprint density at radius 2 is 1.69 bits per heavy atom. The lowest BCUT2D eigenvalue weighted by atomic mass is 10.1. The number of amides is 1. The number of hydrogen-bond donors (Lipinski definition) is 1. The van der Waals surface area contributed by atoms with Crippen molar-refractivity contribution >= 4 is 62.9 Å². The Morgan fingerprint density at radius 3 is 2.28 bits per heavy atom. The third kappa shape index (κ3) is 6.71. The van der Waals surface area contributed by atoms with E-state index in [0.717, 1.165) is 24.0 Å². The highest BCUT2D eigenvalue weighted by molar-refractivity contribution is 14.1. The molecule has 3 aromatic carbocycles. The van der Waals surface area contributed by atoms with Gasteiger partial charge in [0.2, 0.25) is 0 Å². The number of carbonyl (C=O) groups excluding carboxylic acids is 1. The lowest BCUT2D eigenvalue weighted by Gasteiger charge is -2.10. The normalized spacial score (nSPS) is 10.9. The van der Waals surface area contributed by atoms with Crippen LogP contribution in [-0.2, 0) is 11.4 Å². The van der Waals surface area contributed by atoms with E-state index in [1.807, 2.05) is 55.5 Å². The number of nitrogens with one attached hydrogen (secondary N) is 1. The summed E-state index contributed by atoms with van der Waals surface area (Å²) < 4.78 is 13.2. The van der Waals surface area contributed by atoms with Crippen molar-refractivity contribution in [1.82, 2.24) is 0 Å². The first-order chi connectivity index (χ1) is 15.5. The molecule has 0 aromatic heterocycles. The predicted octanol–water partition coefficient (Wildman–Crippen LogP) is 6.42. The van der Waals surface area contributed by atoms with E-state index in [-0.39, 0.29) is 5.57 Å². The zero-order valence-corrected chi connectivity index (χ0v) is 21.6. The van der Waals surface area contributed by atoms with Gasteiger partial charge in [-0.25, -0.2) is 0 Å². The number of halogens is 2. The average Bonchev–Trinajstić information content (AvgIpc) is 2.80. The van der Waals surface area contributed by atoms with Gasteiger partial charge in [0.05, 0.1) is 13.7 Å². The summed E-state index contributed by atoms with van der Waals surface area (Å²) in [5.41, 5.74) is 2.44. The van der Waals surface area contributed by atoms with Crippen molar-refractivity contribution in [1.29, 1.82) is 5.26 Å². The Hall–Kier alpha value is -2.58. The van der Waals surface area contributed by atoms with Gasteiger partial charge in [-0.15, -0.1) is 0 Å². The maximum absolute atomic E-state index is 12.6. The second-order valence-electron chi connectivity index (χ2n) is 6.67. The number of rotatable bonds is 8. The van der Waals surface area contributed by atoms with Crippen LogP contribution < -0.4 is 14.8 Å². The van der Waals surface area contributed by atoms with E-state index in [0.29, 0.717) is 24.7 Å². The fraction of sp³-hybridized carbons (Fsp3) is 0.120. The van der Waals surface area contributed by atoms with Crippen molar-refractivity contribution in [3.05, 3.63) is 90.6 Å². The zero-order valence-electron chi connectivity index (χ0n) is 17.3. The Labute approximate surface area is 214 Å². The largest absolute Gasteiger partial charge is 0.492 e. The molecule has 0 radical (unpaired) electrons. The number of hydrogen-bond acceptors (Lipinski definition) is 4. The van der Waals surface area contributed by atoms with Gasteiger partial charge in [0.15, 0.2) is 0 Å². The summed E-state index contributed by atoms with van der Waals surface area (Å²) in [5.74, 6) is 1.04. The molecular formula is C25H20I2N2O3. The fourth-order valence-electron chi connectivity index (χ4n) is 2.83. The third-order valence-corrected chi connectivity index (χ3v) is 5.95. The summed E-state index contributed by atoms with van der Waals surface area (Å²) in [4.78, 5) is 12.6. The molecule has 0 aliphatic heterocycles. The Bertz CT molecular complexity index is 1130. The molecule has 3 rings (SSSR count). The van der Waals surface area contributed by atoms with Crippen LogP contribution in [0.5, 0.6) is 11.5 Å². The zero-order chi connectivity index (χ0) is 22.9. The molecule has 0 saturated carbocycles. The Balaban J connectivity index is 1.66. The molecule has 162 valence electrons. The van der Waals surface area contributed by atoms with Crippen molar-refractivity contribution in [3.8, 4) is 17.6 Å². The van der Waals surface area contributed by atoms with Crippen molar-refractivity contribution in [3.63, 3.8) is 0 Å². The lowest BCUT2D eigenvalue weighted by molar-refractivity contribution is -0.112. The van der Waals surface area contributed by atoms with Gasteiger partial charge in [0, 0.05) is 5.69 Å². The van der Waals surface area contributed by atoms with Gasteiger partial charge in [-0.3, -0.25) is 4.79 Å². The molecule has 0 fully saturated rings. The summed E-state index contributed by atoms with van der Waals surface area (Å²) in [6.07, 6.45) is 1.58. The lowest BCUT2D eigenvalue weighted by Crippen LogP contribution is -2.13. The molecule has 7 heteroatoms. The summed E-state index contributed by atoms with van der Waals surface area (Å²) in [6, 6.07) is 22.7. The van der Waals surface area contributed by atoms with Gasteiger partial charge in [-0.1, -0.05) is 30.3 Å². The first kappa shape index (κ1) is 24.1. The molecule has 1 N–H and O–H groups in total. The standard InChI is InChI=1S/C25H20I2N2O3/c1-2-31-24-22(26)13-18(14-23(24)27)12-19(15-28)25(30)29-20-8-10-21(11-9-20)32-16-17-6-4-3-5-7-17/h3-14H,2,16H2,1H3,(H,29,30)/b19-12+. The maximum Gasteiger partial charge on any atom is 0.266 e. The average molecular weight is 650 g/mol. The van der Waals surface area contributed by atoms with Crippen LogP contribution in [0, 0.1) is 18.5 Å². The molecule has 5 nitrogen and oxygen atoms in total. The predicted molar refractivity (Wildman–Crippen MR) is 142 cm³/mol. The summed E-state index contributed by atoms with van der Waals surface area (Å²) in [7, 11) is 0. The van der Waals surface area contributed by atoms with Crippen LogP contribution in [0.25, 0.3) is 6.08 Å². The highest BCUT2D eigenvalue weighted by atomic mass is 127. The third-order valence-electron chi connectivity index (χ3n) is 4.35. The summed E-state index contributed by atoms with van der Waals surface area (Å²) >= 11 is 4.38. The number of nitriles is 1. The Kier molecular flexibility index (Phi) is 8.93. The van der Waals surface area contributed by atoms with Crippen LogP contribution in [0.1, 0.15) is 18.1 Å². The van der Waals surface area contributed by atoms with Gasteiger partial charge >= 0.3 is 0 Å². The van der Waals surface area contributed by atoms with Crippen LogP contribution in [0.3, 0.4) is 0 Å². The number of anilines is 1. The van der Waals surface area contributed by atoms with Crippen molar-refractivity contribution in [2.45, 2.75) is 13.5 Å². The molecule has 1 amide bonds. The van der Waals surface area contributed by atoms with E-state index in [1.165, 1.54) is 0 Å². The number of nitrogens with zero attached hydrogens (tertiary/aromatic N) is 1. The molecule has 32 heavy (non-hydrogen) atoms. The molecule has 0 saturated heterocycles. The highest BCUT2D eigenvalue weighted by Crippen LogP contribution is 2.30. The van der Waals surface area contributed by atoms with Crippen LogP contribution in [0.4, 0.5) is 5.69 Å². The molecule has 0 spiro atoms. The second-order valence-corrected chi connectivity index (χ2v) is 8.99. The second kappa shape index (κ2) is 11.9. The first-order valence-electron chi connectivity index (χ1n) is 9.82. The molecule has 3 aromatic rings. The summed E-state index contributed by atoms with van der Waals surface area (Å²) in [6.45, 7) is 2.97. The van der Waals surface area contributed by atoms with Gasteiger partial charge in [0.25, 0.3) is 5.91 Å². The van der Waals surface area contributed by atoms with Crippen molar-refractivity contribution < 1.29 is 14.3 Å². The van der Waals surface area contributed by atoms with Gasteiger partial charge in [-0.05, 0) is 106 Å². The number of benzene rings is 3. The molecule has 0 aliphatic rings. The van der Waals surface area contributed by atoms with Gasteiger partial charge in [0.1, 0.15) is 29.7 Å². The summed E-state index contributed by atoms with van der Waals surface area (Å²) in [5, 5.41) is 12.3. The topological polar surface area (TPSA) is 71.3 Å². The quantitative estimate of drug-likeness (QED) is 0.174. The molecule has 0 atom stereocenters. The minimum atomic E-state index is -0.468. The molecule has 0 heterocycles. The SMILES string of the molecule is CCOc1c(I)cc(/C=C(\C#N)C(=O)Nc2ccc(OCc3ccccc3)cc2)cc1I. The van der Waals surface area contributed by atoms with E-state index >= 15 is 0 Å². The van der Waals surface area contributed by atoms with Crippen LogP contribution in [-0.4, -0.2) is 12.5 Å². The first-order valence-corrected chi connectivity index (χ1v) is 12.0. The molecular weight excluding hydrogens is 630 g/mol. The maximum atomic E-state index is 12.6. The minimum absolute atomic E-state index is 0.0187. The van der Waals surface area contributed by atoms with E-state index in [2.05, 4.69) is 50.5 Å². The monoisotopic (exact) mass is 650 g/mol. The van der Waals surface area contributed by atoms with Crippen molar-refractivity contribution in [2.75, 3.05) is 11.9 Å². The van der Waals surface area contributed by atoms with Crippen LogP contribution >= 0.6 is 45.2 Å². The van der Waals surface area contributed by atoms with Crippen LogP contribution in [0.15, 0.2) is 72.3 Å². The minimum Gasteiger partial charge on any atom is -0.492 e. The number of carbonyl (C=O) groups is 1. The molecule has 0 aliphatic carbocycles. The van der Waals surface area contributed by atoms with E-state index in [4.69, 9.17) is 9.47 Å². The van der Waals surface area contributed by atoms with Gasteiger partial charge in [-0.2, -0.15) is 5.26 Å². The van der Waals surface area contributed by atoms with Crippen LogP contribution in [0.2, 0.25) is 0 Å². The van der Waals surface area contributed by atoms with Crippen molar-refractivity contribution in [2.24, 2.45) is 0 Å². The highest BCUT2D eigenvalue weighted by Gasteiger charge is 2.12. The van der Waals surface area contributed by atoms with E-state index in [1.54, 1.807) is 30.3 Å². The number of ether oxygens (including phenoxy) is 2. The molecule has 0 bridgehead atoms. The fourth-order valence-corrected chi connectivity index (χ4v) is 4.96. The Morgan fingerprint density at radius 1 is 1.03 bits per heavy atom.